The molecule has 1 aromatic heterocycles. The highest BCUT2D eigenvalue weighted by atomic mass is 16.4. The molecule has 0 saturated carbocycles. The summed E-state index contributed by atoms with van der Waals surface area (Å²) >= 11 is 0. The van der Waals surface area contributed by atoms with Crippen LogP contribution in [0.25, 0.3) is 0 Å². The van der Waals surface area contributed by atoms with Crippen molar-refractivity contribution in [3.63, 3.8) is 0 Å². The first-order chi connectivity index (χ1) is 8.17. The van der Waals surface area contributed by atoms with Crippen LogP contribution in [0.15, 0.2) is 12.4 Å². The van der Waals surface area contributed by atoms with E-state index < -0.39 is 5.97 Å². The summed E-state index contributed by atoms with van der Waals surface area (Å²) in [5, 5.41) is 8.79. The largest absolute Gasteiger partial charge is 0.481 e. The third-order valence-electron chi connectivity index (χ3n) is 3.11. The molecule has 1 aromatic rings. The van der Waals surface area contributed by atoms with Gasteiger partial charge in [0.1, 0.15) is 12.2 Å². The number of carboxylic acid groups (broad SMARTS) is 1. The van der Waals surface area contributed by atoms with Crippen molar-refractivity contribution in [2.75, 3.05) is 0 Å². The van der Waals surface area contributed by atoms with Gasteiger partial charge in [0.15, 0.2) is 0 Å². The van der Waals surface area contributed by atoms with Crippen LogP contribution < -0.4 is 0 Å². The molecule has 0 saturated heterocycles. The van der Waals surface area contributed by atoms with Crippen molar-refractivity contribution in [1.29, 1.82) is 0 Å². The molecular formula is C13H22N2O2. The van der Waals surface area contributed by atoms with Crippen LogP contribution >= 0.6 is 0 Å². The standard InChI is InChI=1S/C13H22N2O2/c1-3-5-6-11(4-2)10-15-8-7-14-12(15)9-13(16)17/h7-8,11H,3-6,9-10H2,1-2H3,(H,16,17). The van der Waals surface area contributed by atoms with Gasteiger partial charge in [0.2, 0.25) is 0 Å². The second-order valence-corrected chi connectivity index (χ2v) is 4.48. The molecule has 0 bridgehead atoms. The molecule has 0 fully saturated rings. The first-order valence-corrected chi connectivity index (χ1v) is 6.39. The Hall–Kier alpha value is -1.32. The highest BCUT2D eigenvalue weighted by Crippen LogP contribution is 2.16. The fourth-order valence-electron chi connectivity index (χ4n) is 2.00. The fourth-order valence-corrected chi connectivity index (χ4v) is 2.00. The second kappa shape index (κ2) is 7.09. The summed E-state index contributed by atoms with van der Waals surface area (Å²) in [6, 6.07) is 0. The van der Waals surface area contributed by atoms with E-state index >= 15 is 0 Å². The van der Waals surface area contributed by atoms with Gasteiger partial charge in [-0.1, -0.05) is 33.1 Å². The summed E-state index contributed by atoms with van der Waals surface area (Å²) < 4.78 is 1.98. The lowest BCUT2D eigenvalue weighted by molar-refractivity contribution is -0.136. The lowest BCUT2D eigenvalue weighted by Gasteiger charge is -2.16. The van der Waals surface area contributed by atoms with Crippen molar-refractivity contribution in [3.05, 3.63) is 18.2 Å². The molecule has 0 radical (unpaired) electrons. The number of unbranched alkanes of at least 4 members (excludes halogenated alkanes) is 1. The maximum absolute atomic E-state index is 10.7. The first-order valence-electron chi connectivity index (χ1n) is 6.39. The van der Waals surface area contributed by atoms with Crippen molar-refractivity contribution >= 4 is 5.97 Å². The van der Waals surface area contributed by atoms with Gasteiger partial charge in [0.05, 0.1) is 0 Å². The van der Waals surface area contributed by atoms with E-state index in [2.05, 4.69) is 18.8 Å². The zero-order valence-corrected chi connectivity index (χ0v) is 10.7. The summed E-state index contributed by atoms with van der Waals surface area (Å²) in [6.45, 7) is 5.27. The Morgan fingerprint density at radius 1 is 1.53 bits per heavy atom. The summed E-state index contributed by atoms with van der Waals surface area (Å²) in [7, 11) is 0. The molecule has 1 N–H and O–H groups in total. The van der Waals surface area contributed by atoms with Crippen molar-refractivity contribution in [2.24, 2.45) is 5.92 Å². The molecule has 0 amide bonds. The van der Waals surface area contributed by atoms with Gasteiger partial charge in [0.25, 0.3) is 0 Å². The molecule has 0 aromatic carbocycles. The Morgan fingerprint density at radius 3 is 2.88 bits per heavy atom. The van der Waals surface area contributed by atoms with Gasteiger partial charge in [-0.25, -0.2) is 4.98 Å². The fraction of sp³-hybridized carbons (Fsp3) is 0.692. The number of carbonyl (C=O) groups is 1. The minimum atomic E-state index is -0.820. The number of rotatable bonds is 8. The maximum Gasteiger partial charge on any atom is 0.311 e. The lowest BCUT2D eigenvalue weighted by atomic mass is 9.99. The summed E-state index contributed by atoms with van der Waals surface area (Å²) in [6.07, 6.45) is 8.36. The molecule has 4 nitrogen and oxygen atoms in total. The molecule has 0 aliphatic heterocycles. The minimum Gasteiger partial charge on any atom is -0.481 e. The number of nitrogens with zero attached hydrogens (tertiary/aromatic N) is 2. The van der Waals surface area contributed by atoms with Gasteiger partial charge in [-0.15, -0.1) is 0 Å². The molecular weight excluding hydrogens is 216 g/mol. The van der Waals surface area contributed by atoms with E-state index in [0.717, 1.165) is 13.0 Å². The van der Waals surface area contributed by atoms with Crippen LogP contribution in [0.2, 0.25) is 0 Å². The minimum absolute atomic E-state index is 0.0111. The number of aliphatic carboxylic acids is 1. The molecule has 1 unspecified atom stereocenters. The number of hydrogen-bond donors (Lipinski definition) is 1. The van der Waals surface area contributed by atoms with Crippen molar-refractivity contribution in [1.82, 2.24) is 9.55 Å². The van der Waals surface area contributed by atoms with Crippen LogP contribution in [0.3, 0.4) is 0 Å². The third kappa shape index (κ3) is 4.59. The predicted molar refractivity (Wildman–Crippen MR) is 66.9 cm³/mol. The van der Waals surface area contributed by atoms with E-state index in [-0.39, 0.29) is 6.42 Å². The molecule has 1 atom stereocenters. The maximum atomic E-state index is 10.7. The molecule has 1 heterocycles. The van der Waals surface area contributed by atoms with E-state index in [9.17, 15) is 4.79 Å². The predicted octanol–water partition coefficient (Wildman–Crippen LogP) is 2.73. The van der Waals surface area contributed by atoms with E-state index in [1.807, 2.05) is 10.8 Å². The Balaban J connectivity index is 2.59. The van der Waals surface area contributed by atoms with Crippen LogP contribution in [-0.4, -0.2) is 20.6 Å². The van der Waals surface area contributed by atoms with E-state index in [4.69, 9.17) is 5.11 Å². The smallest absolute Gasteiger partial charge is 0.311 e. The second-order valence-electron chi connectivity index (χ2n) is 4.48. The SMILES string of the molecule is CCCCC(CC)Cn1ccnc1CC(=O)O. The van der Waals surface area contributed by atoms with Gasteiger partial charge in [0, 0.05) is 18.9 Å². The van der Waals surface area contributed by atoms with Gasteiger partial charge in [-0.05, 0) is 12.3 Å². The molecule has 0 aliphatic carbocycles. The number of carboxylic acids is 1. The van der Waals surface area contributed by atoms with Gasteiger partial charge >= 0.3 is 5.97 Å². The van der Waals surface area contributed by atoms with Crippen LogP contribution in [0.4, 0.5) is 0 Å². The van der Waals surface area contributed by atoms with Crippen molar-refractivity contribution < 1.29 is 9.90 Å². The van der Waals surface area contributed by atoms with Crippen molar-refractivity contribution in [3.8, 4) is 0 Å². The number of hydrogen-bond acceptors (Lipinski definition) is 2. The third-order valence-corrected chi connectivity index (χ3v) is 3.11. The van der Waals surface area contributed by atoms with Gasteiger partial charge in [-0.2, -0.15) is 0 Å². The monoisotopic (exact) mass is 238 g/mol. The zero-order chi connectivity index (χ0) is 12.7. The average Bonchev–Trinajstić information content (AvgIpc) is 2.70. The summed E-state index contributed by atoms with van der Waals surface area (Å²) in [5.74, 6) is 0.461. The van der Waals surface area contributed by atoms with Crippen LogP contribution in [0.5, 0.6) is 0 Å². The molecule has 0 spiro atoms. The average molecular weight is 238 g/mol. The first kappa shape index (κ1) is 13.7. The van der Waals surface area contributed by atoms with E-state index in [0.29, 0.717) is 11.7 Å². The Bertz CT molecular complexity index is 347. The van der Waals surface area contributed by atoms with Crippen LogP contribution in [-0.2, 0) is 17.8 Å². The topological polar surface area (TPSA) is 55.1 Å². The lowest BCUT2D eigenvalue weighted by Crippen LogP contribution is -2.14. The molecule has 96 valence electrons. The Labute approximate surface area is 103 Å². The summed E-state index contributed by atoms with van der Waals surface area (Å²) in [4.78, 5) is 14.8. The normalized spacial score (nSPS) is 12.6. The number of imidazole rings is 1. The van der Waals surface area contributed by atoms with Crippen LogP contribution in [0, 0.1) is 5.92 Å². The molecule has 17 heavy (non-hydrogen) atoms. The molecule has 1 rings (SSSR count). The molecule has 4 heteroatoms. The summed E-state index contributed by atoms with van der Waals surface area (Å²) in [5.41, 5.74) is 0. The number of aromatic nitrogens is 2. The Kier molecular flexibility index (Phi) is 5.73. The van der Waals surface area contributed by atoms with Crippen LogP contribution in [0.1, 0.15) is 45.4 Å². The van der Waals surface area contributed by atoms with Crippen molar-refractivity contribution in [2.45, 2.75) is 52.5 Å². The zero-order valence-electron chi connectivity index (χ0n) is 10.7. The van der Waals surface area contributed by atoms with Gasteiger partial charge < -0.3 is 9.67 Å². The quantitative estimate of drug-likeness (QED) is 0.757. The Morgan fingerprint density at radius 2 is 2.29 bits per heavy atom. The van der Waals surface area contributed by atoms with E-state index in [1.165, 1.54) is 19.3 Å². The van der Waals surface area contributed by atoms with E-state index in [1.54, 1.807) is 6.20 Å². The highest BCUT2D eigenvalue weighted by molar-refractivity contribution is 5.69. The molecule has 0 aliphatic rings. The van der Waals surface area contributed by atoms with Gasteiger partial charge in [-0.3, -0.25) is 4.79 Å². The highest BCUT2D eigenvalue weighted by Gasteiger charge is 2.11.